The molecule has 0 fully saturated rings. The van der Waals surface area contributed by atoms with Gasteiger partial charge in [-0.15, -0.1) is 0 Å². The topological polar surface area (TPSA) is 237 Å². The fourth-order valence-corrected chi connectivity index (χ4v) is 11.8. The number of phosphoric acid groups is 2. The zero-order chi connectivity index (χ0) is 74.6. The maximum atomic E-state index is 13.1. The summed E-state index contributed by atoms with van der Waals surface area (Å²) in [6.45, 7) is 4.67. The standard InChI is InChI=1S/C83H142O17P2/c1-5-9-13-17-21-25-29-33-36-38-41-44-48-52-56-60-64-68-81(86)94-74-79(100-83(88)70-66-62-58-54-50-46-42-39-37-34-30-26-22-18-14-10-6-2)76-98-102(91,92)96-72-77(84)71-95-101(89,90)97-75-78(73-93-80(85)67-63-59-55-51-47-43-32-28-24-20-16-12-8-4)99-82(87)69-65-61-57-53-49-45-40-35-31-27-23-19-15-11-7-3/h21-22,25-28,31-34,36-37,41-42,44,46,52,54,56,58,77-79,84H,5-20,23-24,29-30,35,38-40,43,45,47-51,53,55,57,59-76H2,1-4H3,(H,89,90)(H,91,92)/b25-21-,26-22-,31-27-,32-28-,36-33-,37-34-,44-41-,46-42-,56-52-,58-54-/t77-,78+,79+/m0/s1. The normalized spacial score (nSPS) is 14.5. The number of phosphoric ester groups is 2. The molecule has 0 aliphatic rings. The van der Waals surface area contributed by atoms with E-state index >= 15 is 0 Å². The zero-order valence-electron chi connectivity index (χ0n) is 64.0. The van der Waals surface area contributed by atoms with Crippen LogP contribution in [-0.2, 0) is 65.4 Å². The van der Waals surface area contributed by atoms with Crippen LogP contribution in [0.2, 0.25) is 0 Å². The summed E-state index contributed by atoms with van der Waals surface area (Å²) in [5.74, 6) is -2.32. The number of ether oxygens (including phenoxy) is 4. The molecule has 19 heteroatoms. The van der Waals surface area contributed by atoms with Gasteiger partial charge in [-0.25, -0.2) is 9.13 Å². The van der Waals surface area contributed by atoms with Gasteiger partial charge in [0.05, 0.1) is 26.4 Å². The van der Waals surface area contributed by atoms with Crippen LogP contribution >= 0.6 is 15.6 Å². The predicted octanol–water partition coefficient (Wildman–Crippen LogP) is 23.1. The van der Waals surface area contributed by atoms with E-state index in [0.717, 1.165) is 141 Å². The molecular formula is C83H142O17P2. The third-order valence-electron chi connectivity index (χ3n) is 16.4. The van der Waals surface area contributed by atoms with Crippen LogP contribution in [0.4, 0.5) is 0 Å². The number of allylic oxidation sites excluding steroid dienone is 20. The van der Waals surface area contributed by atoms with Crippen LogP contribution < -0.4 is 0 Å². The van der Waals surface area contributed by atoms with Gasteiger partial charge in [-0.05, 0) is 154 Å². The van der Waals surface area contributed by atoms with Crippen LogP contribution in [0.25, 0.3) is 0 Å². The molecule has 586 valence electrons. The molecular weight excluding hydrogens is 1330 g/mol. The summed E-state index contributed by atoms with van der Waals surface area (Å²) in [7, 11) is -9.99. The second-order valence-electron chi connectivity index (χ2n) is 26.3. The largest absolute Gasteiger partial charge is 0.472 e. The van der Waals surface area contributed by atoms with Crippen LogP contribution in [0.1, 0.15) is 323 Å². The summed E-state index contributed by atoms with van der Waals surface area (Å²) in [6, 6.07) is 0. The molecule has 3 N–H and O–H groups in total. The third kappa shape index (κ3) is 73.8. The molecule has 0 heterocycles. The van der Waals surface area contributed by atoms with E-state index in [9.17, 15) is 43.2 Å². The van der Waals surface area contributed by atoms with E-state index < -0.39 is 97.5 Å². The predicted molar refractivity (Wildman–Crippen MR) is 418 cm³/mol. The van der Waals surface area contributed by atoms with Crippen LogP contribution in [0.15, 0.2) is 122 Å². The van der Waals surface area contributed by atoms with Gasteiger partial charge in [0.2, 0.25) is 0 Å². The second kappa shape index (κ2) is 74.7. The van der Waals surface area contributed by atoms with Gasteiger partial charge >= 0.3 is 39.5 Å². The van der Waals surface area contributed by atoms with E-state index in [1.165, 1.54) is 89.9 Å². The van der Waals surface area contributed by atoms with Gasteiger partial charge in [0.25, 0.3) is 0 Å². The Morgan fingerprint density at radius 2 is 0.490 bits per heavy atom. The Kier molecular flexibility index (Phi) is 71.4. The minimum atomic E-state index is -5.01. The maximum Gasteiger partial charge on any atom is 0.472 e. The molecule has 0 spiro atoms. The van der Waals surface area contributed by atoms with Gasteiger partial charge in [-0.3, -0.25) is 37.3 Å². The van der Waals surface area contributed by atoms with E-state index in [0.29, 0.717) is 38.5 Å². The SMILES string of the molecule is CCCCC/C=C\C/C=C\C/C=C\C/C=C\CCCC(=O)OC[C@H](COP(=O)(O)OC[C@@H](O)COP(=O)(O)OC[C@@H](COC(=O)CCCCCCC/C=C\CCCCCC)OC(=O)CCCCCCCCC/C=C\CCCCCC)OC(=O)CCC/C=C\C/C=C\C/C=C\C/C=C\CCCCC. The number of aliphatic hydroxyl groups is 1. The monoisotopic (exact) mass is 1470 g/mol. The highest BCUT2D eigenvalue weighted by molar-refractivity contribution is 7.47. The highest BCUT2D eigenvalue weighted by Crippen LogP contribution is 2.45. The lowest BCUT2D eigenvalue weighted by molar-refractivity contribution is -0.161. The van der Waals surface area contributed by atoms with Crippen molar-refractivity contribution < 1.29 is 80.2 Å². The Hall–Kier alpha value is -4.54. The highest BCUT2D eigenvalue weighted by atomic mass is 31.2. The molecule has 0 aromatic carbocycles. The van der Waals surface area contributed by atoms with Gasteiger partial charge in [0, 0.05) is 25.7 Å². The quantitative estimate of drug-likeness (QED) is 0.0169. The Labute approximate surface area is 619 Å². The number of carbonyl (C=O) groups excluding carboxylic acids is 4. The molecule has 2 unspecified atom stereocenters. The average molecular weight is 1470 g/mol. The lowest BCUT2D eigenvalue weighted by atomic mass is 10.1. The van der Waals surface area contributed by atoms with Crippen LogP contribution in [0.3, 0.4) is 0 Å². The highest BCUT2D eigenvalue weighted by Gasteiger charge is 2.30. The molecule has 0 rings (SSSR count). The molecule has 0 amide bonds. The van der Waals surface area contributed by atoms with Crippen molar-refractivity contribution in [3.05, 3.63) is 122 Å². The van der Waals surface area contributed by atoms with Gasteiger partial charge in [-0.2, -0.15) is 0 Å². The molecule has 102 heavy (non-hydrogen) atoms. The number of unbranched alkanes of at least 4 members (excludes halogenated alkanes) is 28. The van der Waals surface area contributed by atoms with Gasteiger partial charge in [0.1, 0.15) is 19.3 Å². The molecule has 0 aliphatic carbocycles. The number of carbonyl (C=O) groups is 4. The van der Waals surface area contributed by atoms with Crippen molar-refractivity contribution in [1.82, 2.24) is 0 Å². The lowest BCUT2D eigenvalue weighted by Crippen LogP contribution is -2.30. The number of aliphatic hydroxyl groups excluding tert-OH is 1. The van der Waals surface area contributed by atoms with Gasteiger partial charge in [-0.1, -0.05) is 265 Å². The average Bonchev–Trinajstić information content (AvgIpc) is 0.943. The minimum absolute atomic E-state index is 0.00524. The number of hydrogen-bond donors (Lipinski definition) is 3. The molecule has 0 aromatic heterocycles. The summed E-state index contributed by atoms with van der Waals surface area (Å²) in [5, 5.41) is 10.6. The number of esters is 4. The molecule has 0 bridgehead atoms. The minimum Gasteiger partial charge on any atom is -0.462 e. The van der Waals surface area contributed by atoms with E-state index in [1.54, 1.807) is 0 Å². The molecule has 5 atom stereocenters. The first-order valence-electron chi connectivity index (χ1n) is 39.8. The van der Waals surface area contributed by atoms with Crippen molar-refractivity contribution in [2.24, 2.45) is 0 Å². The molecule has 0 radical (unpaired) electrons. The van der Waals surface area contributed by atoms with Crippen LogP contribution in [0, 0.1) is 0 Å². The van der Waals surface area contributed by atoms with Gasteiger partial charge < -0.3 is 33.8 Å². The third-order valence-corrected chi connectivity index (χ3v) is 18.3. The van der Waals surface area contributed by atoms with Crippen LogP contribution in [0.5, 0.6) is 0 Å². The van der Waals surface area contributed by atoms with Crippen molar-refractivity contribution >= 4 is 39.5 Å². The molecule has 0 saturated carbocycles. The maximum absolute atomic E-state index is 13.1. The molecule has 17 nitrogen and oxygen atoms in total. The summed E-state index contributed by atoms with van der Waals surface area (Å²) in [6.07, 6.45) is 81.9. The van der Waals surface area contributed by atoms with E-state index in [2.05, 4.69) is 125 Å². The first-order chi connectivity index (χ1) is 49.7. The first kappa shape index (κ1) is 97.5. The molecule has 0 aromatic rings. The smallest absolute Gasteiger partial charge is 0.462 e. The summed E-state index contributed by atoms with van der Waals surface area (Å²) in [4.78, 5) is 72.9. The summed E-state index contributed by atoms with van der Waals surface area (Å²) < 4.78 is 68.4. The van der Waals surface area contributed by atoms with Crippen molar-refractivity contribution in [3.63, 3.8) is 0 Å². The first-order valence-corrected chi connectivity index (χ1v) is 42.8. The van der Waals surface area contributed by atoms with Crippen molar-refractivity contribution in [2.75, 3.05) is 39.6 Å². The Morgan fingerprint density at radius 1 is 0.275 bits per heavy atom. The lowest BCUT2D eigenvalue weighted by Gasteiger charge is -2.21. The Balaban J connectivity index is 5.47. The summed E-state index contributed by atoms with van der Waals surface area (Å²) >= 11 is 0. The van der Waals surface area contributed by atoms with Crippen LogP contribution in [-0.4, -0.2) is 96.7 Å². The van der Waals surface area contributed by atoms with E-state index in [1.807, 2.05) is 24.3 Å². The van der Waals surface area contributed by atoms with E-state index in [4.69, 9.17) is 37.0 Å². The number of hydrogen-bond acceptors (Lipinski definition) is 15. The Morgan fingerprint density at radius 3 is 0.814 bits per heavy atom. The summed E-state index contributed by atoms with van der Waals surface area (Å²) in [5.41, 5.74) is 0. The van der Waals surface area contributed by atoms with Gasteiger partial charge in [0.15, 0.2) is 12.2 Å². The van der Waals surface area contributed by atoms with Crippen molar-refractivity contribution in [3.8, 4) is 0 Å². The van der Waals surface area contributed by atoms with Crippen molar-refractivity contribution in [2.45, 2.75) is 341 Å². The van der Waals surface area contributed by atoms with E-state index in [-0.39, 0.29) is 25.7 Å². The van der Waals surface area contributed by atoms with Crippen molar-refractivity contribution in [1.29, 1.82) is 0 Å². The zero-order valence-corrected chi connectivity index (χ0v) is 65.8. The molecule has 0 saturated heterocycles. The molecule has 0 aliphatic heterocycles. The Bertz CT molecular complexity index is 2410. The fourth-order valence-electron chi connectivity index (χ4n) is 10.3. The second-order valence-corrected chi connectivity index (χ2v) is 29.2. The fraction of sp³-hybridized carbons (Fsp3) is 0.711. The number of rotatable bonds is 74.